The maximum absolute atomic E-state index is 12.3. The van der Waals surface area contributed by atoms with E-state index in [1.165, 1.54) is 11.8 Å². The standard InChI is InChI=1S/C18H20N4O3S/c1-11-14(12(2)25-21-11)9-26-10-17(23)22(3)8-16-19-15-7-5-4-6-13(15)18(24)20-16/h4-7H,8-10H2,1-3H3,(H,19,20,24). The number of fused-ring (bicyclic) bond motifs is 1. The Labute approximate surface area is 154 Å². The molecule has 1 amide bonds. The highest BCUT2D eigenvalue weighted by molar-refractivity contribution is 7.99. The van der Waals surface area contributed by atoms with Gasteiger partial charge in [-0.2, -0.15) is 0 Å². The summed E-state index contributed by atoms with van der Waals surface area (Å²) in [6.07, 6.45) is 0. The molecule has 0 aliphatic carbocycles. The van der Waals surface area contributed by atoms with Gasteiger partial charge in [-0.25, -0.2) is 4.98 Å². The first-order valence-electron chi connectivity index (χ1n) is 8.17. The molecule has 0 bridgehead atoms. The van der Waals surface area contributed by atoms with Gasteiger partial charge in [0.25, 0.3) is 5.56 Å². The smallest absolute Gasteiger partial charge is 0.258 e. The summed E-state index contributed by atoms with van der Waals surface area (Å²) in [5.74, 6) is 2.23. The Morgan fingerprint density at radius 2 is 2.08 bits per heavy atom. The average molecular weight is 372 g/mol. The van der Waals surface area contributed by atoms with E-state index >= 15 is 0 Å². The summed E-state index contributed by atoms with van der Waals surface area (Å²) in [6, 6.07) is 7.14. The van der Waals surface area contributed by atoms with E-state index in [0.717, 1.165) is 17.0 Å². The first-order valence-corrected chi connectivity index (χ1v) is 9.32. The molecule has 0 unspecified atom stereocenters. The third-order valence-corrected chi connectivity index (χ3v) is 5.07. The summed E-state index contributed by atoms with van der Waals surface area (Å²) in [6.45, 7) is 4.01. The van der Waals surface area contributed by atoms with Gasteiger partial charge in [-0.1, -0.05) is 17.3 Å². The van der Waals surface area contributed by atoms with Crippen LogP contribution in [0.25, 0.3) is 10.9 Å². The molecule has 0 spiro atoms. The van der Waals surface area contributed by atoms with E-state index in [1.807, 2.05) is 19.9 Å². The largest absolute Gasteiger partial charge is 0.361 e. The molecule has 1 aromatic carbocycles. The predicted octanol–water partition coefficient (Wildman–Crippen LogP) is 2.42. The van der Waals surface area contributed by atoms with Crippen LogP contribution in [0.4, 0.5) is 0 Å². The van der Waals surface area contributed by atoms with Crippen LogP contribution in [0.5, 0.6) is 0 Å². The van der Waals surface area contributed by atoms with Gasteiger partial charge in [0.1, 0.15) is 11.6 Å². The van der Waals surface area contributed by atoms with Gasteiger partial charge in [-0.05, 0) is 26.0 Å². The fourth-order valence-corrected chi connectivity index (χ4v) is 3.69. The van der Waals surface area contributed by atoms with Crippen molar-refractivity contribution in [3.8, 4) is 0 Å². The zero-order chi connectivity index (χ0) is 18.7. The van der Waals surface area contributed by atoms with Crippen molar-refractivity contribution in [1.82, 2.24) is 20.0 Å². The second-order valence-corrected chi connectivity index (χ2v) is 7.06. The van der Waals surface area contributed by atoms with Crippen LogP contribution in [0.3, 0.4) is 0 Å². The molecule has 0 fully saturated rings. The number of thioether (sulfide) groups is 1. The first kappa shape index (κ1) is 18.2. The number of aryl methyl sites for hydroxylation is 2. The van der Waals surface area contributed by atoms with Crippen molar-refractivity contribution in [3.05, 3.63) is 57.5 Å². The van der Waals surface area contributed by atoms with E-state index in [2.05, 4.69) is 15.1 Å². The van der Waals surface area contributed by atoms with Crippen LogP contribution in [0, 0.1) is 13.8 Å². The lowest BCUT2D eigenvalue weighted by molar-refractivity contribution is -0.127. The number of nitrogens with one attached hydrogen (secondary N) is 1. The van der Waals surface area contributed by atoms with Crippen LogP contribution >= 0.6 is 11.8 Å². The van der Waals surface area contributed by atoms with Crippen molar-refractivity contribution in [2.75, 3.05) is 12.8 Å². The molecule has 1 N–H and O–H groups in total. The van der Waals surface area contributed by atoms with Gasteiger partial charge in [0.15, 0.2) is 0 Å². The Kier molecular flexibility index (Phi) is 5.41. The van der Waals surface area contributed by atoms with Gasteiger partial charge in [-0.3, -0.25) is 9.59 Å². The molecule has 0 atom stereocenters. The molecule has 136 valence electrons. The molecule has 7 nitrogen and oxygen atoms in total. The molecular formula is C18H20N4O3S. The quantitative estimate of drug-likeness (QED) is 0.714. The summed E-state index contributed by atoms with van der Waals surface area (Å²) < 4.78 is 5.12. The van der Waals surface area contributed by atoms with Gasteiger partial charge in [0.2, 0.25) is 5.91 Å². The minimum absolute atomic E-state index is 0.0300. The lowest BCUT2D eigenvalue weighted by Crippen LogP contribution is -2.29. The average Bonchev–Trinajstić information content (AvgIpc) is 2.93. The van der Waals surface area contributed by atoms with Crippen molar-refractivity contribution in [2.24, 2.45) is 0 Å². The molecule has 2 heterocycles. The van der Waals surface area contributed by atoms with Crippen LogP contribution in [0.15, 0.2) is 33.6 Å². The Hall–Kier alpha value is -2.61. The SMILES string of the molecule is Cc1noc(C)c1CSCC(=O)N(C)Cc1nc2ccccc2c(=O)[nH]1. The summed E-state index contributed by atoms with van der Waals surface area (Å²) in [4.78, 5) is 33.2. The lowest BCUT2D eigenvalue weighted by atomic mass is 10.2. The van der Waals surface area contributed by atoms with E-state index in [1.54, 1.807) is 30.1 Å². The highest BCUT2D eigenvalue weighted by Gasteiger charge is 2.14. The number of para-hydroxylation sites is 1. The van der Waals surface area contributed by atoms with Crippen LogP contribution in [-0.4, -0.2) is 38.7 Å². The van der Waals surface area contributed by atoms with Gasteiger partial charge in [0, 0.05) is 18.4 Å². The molecule has 3 aromatic rings. The summed E-state index contributed by atoms with van der Waals surface area (Å²) >= 11 is 1.51. The number of hydrogen-bond donors (Lipinski definition) is 1. The zero-order valence-electron chi connectivity index (χ0n) is 14.9. The van der Waals surface area contributed by atoms with Gasteiger partial charge >= 0.3 is 0 Å². The Balaban J connectivity index is 1.60. The van der Waals surface area contributed by atoms with E-state index in [4.69, 9.17) is 4.52 Å². The highest BCUT2D eigenvalue weighted by Crippen LogP contribution is 2.19. The molecule has 2 aromatic heterocycles. The molecule has 3 rings (SSSR count). The predicted molar refractivity (Wildman–Crippen MR) is 101 cm³/mol. The molecule has 26 heavy (non-hydrogen) atoms. The number of hydrogen-bond acceptors (Lipinski definition) is 6. The third-order valence-electron chi connectivity index (χ3n) is 4.13. The Bertz CT molecular complexity index is 976. The van der Waals surface area contributed by atoms with E-state index in [9.17, 15) is 9.59 Å². The molecular weight excluding hydrogens is 352 g/mol. The van der Waals surface area contributed by atoms with Gasteiger partial charge in [0.05, 0.1) is 28.9 Å². The fraction of sp³-hybridized carbons (Fsp3) is 0.333. The second kappa shape index (κ2) is 7.74. The number of amides is 1. The van der Waals surface area contributed by atoms with Crippen LogP contribution in [0.1, 0.15) is 22.8 Å². The van der Waals surface area contributed by atoms with Crippen molar-refractivity contribution in [3.63, 3.8) is 0 Å². The number of rotatable bonds is 6. The molecule has 0 saturated carbocycles. The number of benzene rings is 1. The normalized spacial score (nSPS) is 11.0. The fourth-order valence-electron chi connectivity index (χ4n) is 2.58. The van der Waals surface area contributed by atoms with Crippen LogP contribution < -0.4 is 5.56 Å². The highest BCUT2D eigenvalue weighted by atomic mass is 32.2. The van der Waals surface area contributed by atoms with Crippen molar-refractivity contribution >= 4 is 28.6 Å². The molecule has 8 heteroatoms. The Morgan fingerprint density at radius 1 is 1.31 bits per heavy atom. The number of carbonyl (C=O) groups is 1. The summed E-state index contributed by atoms with van der Waals surface area (Å²) in [5, 5.41) is 4.45. The monoisotopic (exact) mass is 372 g/mol. The number of aromatic nitrogens is 3. The number of carbonyl (C=O) groups excluding carboxylic acids is 1. The van der Waals surface area contributed by atoms with Gasteiger partial charge in [-0.15, -0.1) is 11.8 Å². The maximum Gasteiger partial charge on any atom is 0.258 e. The minimum atomic E-state index is -0.195. The number of aromatic amines is 1. The van der Waals surface area contributed by atoms with Crippen LogP contribution in [0.2, 0.25) is 0 Å². The van der Waals surface area contributed by atoms with Crippen molar-refractivity contribution < 1.29 is 9.32 Å². The number of H-pyrrole nitrogens is 1. The molecule has 0 aliphatic heterocycles. The second-order valence-electron chi connectivity index (χ2n) is 6.08. The van der Waals surface area contributed by atoms with Crippen molar-refractivity contribution in [1.29, 1.82) is 0 Å². The van der Waals surface area contributed by atoms with Gasteiger partial charge < -0.3 is 14.4 Å². The van der Waals surface area contributed by atoms with E-state index < -0.39 is 0 Å². The minimum Gasteiger partial charge on any atom is -0.361 e. The lowest BCUT2D eigenvalue weighted by Gasteiger charge is -2.16. The Morgan fingerprint density at radius 3 is 2.81 bits per heavy atom. The summed E-state index contributed by atoms with van der Waals surface area (Å²) in [5.41, 5.74) is 2.32. The molecule has 0 saturated heterocycles. The van der Waals surface area contributed by atoms with Crippen molar-refractivity contribution in [2.45, 2.75) is 26.1 Å². The third kappa shape index (κ3) is 3.96. The molecule has 0 radical (unpaired) electrons. The topological polar surface area (TPSA) is 92.1 Å². The van der Waals surface area contributed by atoms with Crippen LogP contribution in [-0.2, 0) is 17.1 Å². The van der Waals surface area contributed by atoms with E-state index in [0.29, 0.717) is 28.2 Å². The van der Waals surface area contributed by atoms with E-state index in [-0.39, 0.29) is 18.0 Å². The first-order chi connectivity index (χ1) is 12.5. The maximum atomic E-state index is 12.3. The number of nitrogens with zero attached hydrogens (tertiary/aromatic N) is 3. The zero-order valence-corrected chi connectivity index (χ0v) is 15.7. The summed E-state index contributed by atoms with van der Waals surface area (Å²) in [7, 11) is 1.70. The molecule has 0 aliphatic rings.